The number of non-ortho nitro benzene ring substituents is 1. The molecule has 0 bridgehead atoms. The SMILES string of the molecule is NC(CCCCNC(=O)Oc1ccc([N+](=O)[O-])cc1)(C(=O)OCc1ccccc1)C(=O)OCc1ccccc1. The van der Waals surface area contributed by atoms with E-state index < -0.39 is 28.5 Å². The number of unbranched alkanes of at least 4 members (excludes halogenated alkanes) is 1. The Hall–Kier alpha value is -4.77. The smallest absolute Gasteiger partial charge is 0.412 e. The number of carbonyl (C=O) groups excluding carboxylic acids is 3. The number of amides is 1. The Morgan fingerprint density at radius 3 is 1.79 bits per heavy atom. The molecule has 3 N–H and O–H groups in total. The molecule has 0 spiro atoms. The minimum absolute atomic E-state index is 0.0549. The van der Waals surface area contributed by atoms with Crippen LogP contribution in [-0.4, -0.2) is 35.0 Å². The van der Waals surface area contributed by atoms with E-state index in [1.807, 2.05) is 12.1 Å². The fraction of sp³-hybridized carbons (Fsp3) is 0.250. The number of nitro groups is 1. The number of ether oxygens (including phenoxy) is 3. The molecule has 3 rings (SSSR count). The van der Waals surface area contributed by atoms with E-state index in [4.69, 9.17) is 19.9 Å². The van der Waals surface area contributed by atoms with Gasteiger partial charge in [-0.05, 0) is 42.5 Å². The quantitative estimate of drug-likeness (QED) is 0.108. The van der Waals surface area contributed by atoms with E-state index in [0.29, 0.717) is 6.42 Å². The maximum absolute atomic E-state index is 13.0. The van der Waals surface area contributed by atoms with Crippen molar-refractivity contribution in [2.24, 2.45) is 5.73 Å². The van der Waals surface area contributed by atoms with Gasteiger partial charge in [-0.3, -0.25) is 10.1 Å². The summed E-state index contributed by atoms with van der Waals surface area (Å²) >= 11 is 0. The van der Waals surface area contributed by atoms with Crippen LogP contribution in [0.1, 0.15) is 30.4 Å². The van der Waals surface area contributed by atoms with E-state index in [1.54, 1.807) is 48.5 Å². The van der Waals surface area contributed by atoms with E-state index in [0.717, 1.165) is 11.1 Å². The summed E-state index contributed by atoms with van der Waals surface area (Å²) in [6.45, 7) is 0.0568. The van der Waals surface area contributed by atoms with Crippen molar-refractivity contribution >= 4 is 23.7 Å². The van der Waals surface area contributed by atoms with Crippen molar-refractivity contribution in [2.75, 3.05) is 6.54 Å². The fourth-order valence-corrected chi connectivity index (χ4v) is 3.49. The molecule has 0 aliphatic rings. The lowest BCUT2D eigenvalue weighted by molar-refractivity contribution is -0.384. The van der Waals surface area contributed by atoms with Crippen molar-refractivity contribution in [3.8, 4) is 5.75 Å². The minimum Gasteiger partial charge on any atom is -0.459 e. The molecule has 3 aromatic rings. The van der Waals surface area contributed by atoms with Gasteiger partial charge in [0.15, 0.2) is 0 Å². The topological polar surface area (TPSA) is 160 Å². The summed E-state index contributed by atoms with van der Waals surface area (Å²) in [5.41, 5.74) is 5.59. The molecule has 39 heavy (non-hydrogen) atoms. The molecule has 0 radical (unpaired) electrons. The molecule has 0 aromatic heterocycles. The number of esters is 2. The average Bonchev–Trinajstić information content (AvgIpc) is 2.95. The molecule has 204 valence electrons. The van der Waals surface area contributed by atoms with Gasteiger partial charge in [0.1, 0.15) is 19.0 Å². The van der Waals surface area contributed by atoms with Crippen molar-refractivity contribution in [3.05, 3.63) is 106 Å². The second-order valence-corrected chi connectivity index (χ2v) is 8.62. The molecule has 1 amide bonds. The third-order valence-electron chi connectivity index (χ3n) is 5.68. The molecule has 0 aliphatic carbocycles. The predicted octanol–water partition coefficient (Wildman–Crippen LogP) is 4.04. The molecule has 11 heteroatoms. The lowest BCUT2D eigenvalue weighted by atomic mass is 9.93. The Morgan fingerprint density at radius 1 is 0.795 bits per heavy atom. The molecule has 0 saturated heterocycles. The van der Waals surface area contributed by atoms with Gasteiger partial charge < -0.3 is 25.3 Å². The maximum atomic E-state index is 13.0. The Kier molecular flexibility index (Phi) is 10.5. The summed E-state index contributed by atoms with van der Waals surface area (Å²) in [6.07, 6.45) is -0.179. The van der Waals surface area contributed by atoms with Crippen LogP contribution in [0.3, 0.4) is 0 Å². The number of hydrogen-bond acceptors (Lipinski definition) is 9. The van der Waals surface area contributed by atoms with E-state index >= 15 is 0 Å². The van der Waals surface area contributed by atoms with Crippen LogP contribution in [0, 0.1) is 10.1 Å². The highest BCUT2D eigenvalue weighted by atomic mass is 16.6. The number of nitro benzene ring substituents is 1. The normalized spacial score (nSPS) is 10.8. The van der Waals surface area contributed by atoms with Crippen LogP contribution in [0.25, 0.3) is 0 Å². The Balaban J connectivity index is 1.52. The van der Waals surface area contributed by atoms with Gasteiger partial charge in [-0.25, -0.2) is 14.4 Å². The van der Waals surface area contributed by atoms with E-state index in [1.165, 1.54) is 24.3 Å². The molecule has 0 fully saturated rings. The molecule has 11 nitrogen and oxygen atoms in total. The standard InChI is InChI=1S/C28H29N3O8/c29-28(25(32)37-19-21-9-3-1-4-10-21,26(33)38-20-22-11-5-2-6-12-22)17-7-8-18-30-27(34)39-24-15-13-23(14-16-24)31(35)36/h1-6,9-16H,7-8,17-20,29H2,(H,30,34). The van der Waals surface area contributed by atoms with Gasteiger partial charge in [0.05, 0.1) is 4.92 Å². The van der Waals surface area contributed by atoms with Gasteiger partial charge in [0, 0.05) is 18.7 Å². The number of benzene rings is 3. The number of rotatable bonds is 13. The fourth-order valence-electron chi connectivity index (χ4n) is 3.49. The highest BCUT2D eigenvalue weighted by Gasteiger charge is 2.45. The van der Waals surface area contributed by atoms with Gasteiger partial charge in [-0.15, -0.1) is 0 Å². The van der Waals surface area contributed by atoms with Gasteiger partial charge >= 0.3 is 18.0 Å². The zero-order chi connectivity index (χ0) is 28.1. The van der Waals surface area contributed by atoms with Crippen LogP contribution in [0.2, 0.25) is 0 Å². The molecule has 0 heterocycles. The highest BCUT2D eigenvalue weighted by Crippen LogP contribution is 2.19. The third kappa shape index (κ3) is 8.93. The predicted molar refractivity (Wildman–Crippen MR) is 140 cm³/mol. The second kappa shape index (κ2) is 14.2. The summed E-state index contributed by atoms with van der Waals surface area (Å²) < 4.78 is 15.8. The first kappa shape index (κ1) is 28.8. The van der Waals surface area contributed by atoms with Crippen LogP contribution in [0.15, 0.2) is 84.9 Å². The van der Waals surface area contributed by atoms with E-state index in [-0.39, 0.29) is 44.0 Å². The van der Waals surface area contributed by atoms with E-state index in [2.05, 4.69) is 5.32 Å². The first-order valence-electron chi connectivity index (χ1n) is 12.2. The summed E-state index contributed by atoms with van der Waals surface area (Å²) in [6, 6.07) is 23.0. The third-order valence-corrected chi connectivity index (χ3v) is 5.68. The summed E-state index contributed by atoms with van der Waals surface area (Å²) in [7, 11) is 0. The highest BCUT2D eigenvalue weighted by molar-refractivity contribution is 6.04. The molecular weight excluding hydrogens is 506 g/mol. The van der Waals surface area contributed by atoms with Crippen molar-refractivity contribution in [1.82, 2.24) is 5.32 Å². The molecule has 0 saturated carbocycles. The summed E-state index contributed by atoms with van der Waals surface area (Å²) in [5.74, 6) is -1.67. The van der Waals surface area contributed by atoms with Crippen LogP contribution >= 0.6 is 0 Å². The number of nitrogens with two attached hydrogens (primary N) is 1. The summed E-state index contributed by atoms with van der Waals surface area (Å²) in [5, 5.41) is 13.3. The Morgan fingerprint density at radius 2 is 1.31 bits per heavy atom. The minimum atomic E-state index is -2.04. The molecule has 3 aromatic carbocycles. The van der Waals surface area contributed by atoms with Crippen molar-refractivity contribution in [2.45, 2.75) is 38.0 Å². The summed E-state index contributed by atoms with van der Waals surface area (Å²) in [4.78, 5) is 48.1. The molecule has 0 aliphatic heterocycles. The Bertz CT molecular complexity index is 1200. The number of hydrogen-bond donors (Lipinski definition) is 2. The number of carbonyl (C=O) groups is 3. The van der Waals surface area contributed by atoms with Crippen molar-refractivity contribution < 1.29 is 33.5 Å². The lowest BCUT2D eigenvalue weighted by Crippen LogP contribution is -2.56. The number of nitrogens with one attached hydrogen (secondary N) is 1. The first-order valence-corrected chi connectivity index (χ1v) is 12.2. The van der Waals surface area contributed by atoms with Crippen molar-refractivity contribution in [1.29, 1.82) is 0 Å². The van der Waals surface area contributed by atoms with Gasteiger partial charge in [0.2, 0.25) is 5.54 Å². The zero-order valence-electron chi connectivity index (χ0n) is 21.1. The van der Waals surface area contributed by atoms with Crippen LogP contribution in [0.4, 0.5) is 10.5 Å². The van der Waals surface area contributed by atoms with Gasteiger partial charge in [0.25, 0.3) is 5.69 Å². The van der Waals surface area contributed by atoms with Crippen molar-refractivity contribution in [3.63, 3.8) is 0 Å². The Labute approximate surface area is 225 Å². The van der Waals surface area contributed by atoms with Gasteiger partial charge in [-0.2, -0.15) is 0 Å². The largest absolute Gasteiger partial charge is 0.459 e. The second-order valence-electron chi connectivity index (χ2n) is 8.62. The van der Waals surface area contributed by atoms with Gasteiger partial charge in [-0.1, -0.05) is 60.7 Å². The molecule has 0 atom stereocenters. The van der Waals surface area contributed by atoms with Crippen LogP contribution < -0.4 is 15.8 Å². The molecular formula is C28H29N3O8. The first-order chi connectivity index (χ1) is 18.8. The van der Waals surface area contributed by atoms with E-state index in [9.17, 15) is 24.5 Å². The number of nitrogens with zero attached hydrogens (tertiary/aromatic N) is 1. The monoisotopic (exact) mass is 535 g/mol. The zero-order valence-corrected chi connectivity index (χ0v) is 21.1. The maximum Gasteiger partial charge on any atom is 0.412 e. The molecule has 0 unspecified atom stereocenters. The van der Waals surface area contributed by atoms with Crippen LogP contribution in [0.5, 0.6) is 5.75 Å². The van der Waals surface area contributed by atoms with Crippen LogP contribution in [-0.2, 0) is 32.3 Å². The average molecular weight is 536 g/mol. The lowest BCUT2D eigenvalue weighted by Gasteiger charge is -2.25.